The summed E-state index contributed by atoms with van der Waals surface area (Å²) in [7, 11) is 3.89. The van der Waals surface area contributed by atoms with E-state index < -0.39 is 17.7 Å². The van der Waals surface area contributed by atoms with Crippen LogP contribution < -0.4 is 9.64 Å². The van der Waals surface area contributed by atoms with Gasteiger partial charge in [-0.1, -0.05) is 12.1 Å². The molecule has 0 spiro atoms. The molecule has 3 heterocycles. The average molecular weight is 470 g/mol. The second kappa shape index (κ2) is 8.91. The smallest absolute Gasteiger partial charge is 0.295 e. The number of nitrogens with zero attached hydrogens (tertiary/aromatic N) is 3. The van der Waals surface area contributed by atoms with Crippen LogP contribution in [-0.2, 0) is 22.6 Å². The predicted molar refractivity (Wildman–Crippen MR) is 133 cm³/mol. The van der Waals surface area contributed by atoms with Crippen LogP contribution >= 0.6 is 0 Å². The van der Waals surface area contributed by atoms with Crippen LogP contribution in [0.2, 0.25) is 0 Å². The van der Waals surface area contributed by atoms with Crippen molar-refractivity contribution in [3.05, 3.63) is 94.8 Å². The number of fused-ring (bicyclic) bond motifs is 1. The highest BCUT2D eigenvalue weighted by Gasteiger charge is 2.46. The van der Waals surface area contributed by atoms with Gasteiger partial charge in [0.15, 0.2) is 0 Å². The lowest BCUT2D eigenvalue weighted by atomic mass is 9.94. The monoisotopic (exact) mass is 469 g/mol. The van der Waals surface area contributed by atoms with Gasteiger partial charge in [0.05, 0.1) is 11.6 Å². The number of ether oxygens (including phenoxy) is 1. The summed E-state index contributed by atoms with van der Waals surface area (Å²) in [6.45, 7) is 2.21. The number of hydrogen-bond acceptors (Lipinski definition) is 6. The predicted octanol–water partition coefficient (Wildman–Crippen LogP) is 4.09. The second-order valence-electron chi connectivity index (χ2n) is 9.22. The second-order valence-corrected chi connectivity index (χ2v) is 9.22. The molecule has 35 heavy (non-hydrogen) atoms. The van der Waals surface area contributed by atoms with Gasteiger partial charge in [0.25, 0.3) is 11.7 Å². The fourth-order valence-electron chi connectivity index (χ4n) is 4.75. The molecule has 1 N–H and O–H groups in total. The third-order valence-electron chi connectivity index (χ3n) is 6.54. The molecule has 0 bridgehead atoms. The van der Waals surface area contributed by atoms with Crippen molar-refractivity contribution in [2.75, 3.05) is 19.0 Å². The summed E-state index contributed by atoms with van der Waals surface area (Å²) < 4.78 is 5.77. The Kier molecular flexibility index (Phi) is 5.76. The van der Waals surface area contributed by atoms with Gasteiger partial charge in [-0.2, -0.15) is 0 Å². The first-order valence-corrected chi connectivity index (χ1v) is 11.6. The van der Waals surface area contributed by atoms with Crippen molar-refractivity contribution in [1.82, 2.24) is 9.88 Å². The topological polar surface area (TPSA) is 83.0 Å². The van der Waals surface area contributed by atoms with Gasteiger partial charge in [0, 0.05) is 50.7 Å². The minimum absolute atomic E-state index is 0.0588. The van der Waals surface area contributed by atoms with Gasteiger partial charge in [0.2, 0.25) is 0 Å². The van der Waals surface area contributed by atoms with Crippen LogP contribution in [-0.4, -0.2) is 46.9 Å². The van der Waals surface area contributed by atoms with Crippen molar-refractivity contribution >= 4 is 23.1 Å². The maximum absolute atomic E-state index is 13.3. The molecule has 0 aliphatic carbocycles. The summed E-state index contributed by atoms with van der Waals surface area (Å²) in [4.78, 5) is 34.1. The van der Waals surface area contributed by atoms with Crippen LogP contribution in [0.3, 0.4) is 0 Å². The highest BCUT2D eigenvalue weighted by Crippen LogP contribution is 2.41. The van der Waals surface area contributed by atoms with Gasteiger partial charge >= 0.3 is 0 Å². The number of benzene rings is 2. The molecule has 2 aliphatic rings. The molecule has 7 heteroatoms. The Balaban J connectivity index is 1.62. The van der Waals surface area contributed by atoms with E-state index >= 15 is 0 Å². The van der Waals surface area contributed by atoms with Gasteiger partial charge in [-0.15, -0.1) is 0 Å². The molecule has 2 atom stereocenters. The Bertz CT molecular complexity index is 1320. The van der Waals surface area contributed by atoms with Gasteiger partial charge in [-0.25, -0.2) is 0 Å². The molecule has 1 fully saturated rings. The Labute approximate surface area is 204 Å². The third kappa shape index (κ3) is 4.14. The molecule has 3 aromatic rings. The number of aliphatic hydroxyl groups is 1. The van der Waals surface area contributed by atoms with Crippen molar-refractivity contribution in [1.29, 1.82) is 0 Å². The first-order chi connectivity index (χ1) is 16.8. The maximum Gasteiger partial charge on any atom is 0.295 e. The van der Waals surface area contributed by atoms with E-state index in [1.54, 1.807) is 18.5 Å². The molecule has 2 aromatic carbocycles. The number of rotatable bonds is 5. The number of ketones is 1. The number of hydrogen-bond donors (Lipinski definition) is 1. The zero-order chi connectivity index (χ0) is 24.7. The Hall–Kier alpha value is -4.13. The Morgan fingerprint density at radius 3 is 2.49 bits per heavy atom. The Morgan fingerprint density at radius 2 is 1.80 bits per heavy atom. The minimum atomic E-state index is -0.720. The van der Waals surface area contributed by atoms with Crippen LogP contribution in [0.25, 0.3) is 5.76 Å². The summed E-state index contributed by atoms with van der Waals surface area (Å²) in [5.41, 5.74) is 4.16. The van der Waals surface area contributed by atoms with Gasteiger partial charge in [-0.05, 0) is 66.1 Å². The molecule has 2 aliphatic heterocycles. The van der Waals surface area contributed by atoms with Gasteiger partial charge in [-0.3, -0.25) is 14.6 Å². The molecule has 0 radical (unpaired) electrons. The molecule has 178 valence electrons. The molecular weight excluding hydrogens is 442 g/mol. The van der Waals surface area contributed by atoms with E-state index in [1.165, 1.54) is 4.90 Å². The minimum Gasteiger partial charge on any atom is -0.507 e. The first kappa shape index (κ1) is 22.7. The molecule has 1 amide bonds. The lowest BCUT2D eigenvalue weighted by Crippen LogP contribution is -2.29. The first-order valence-electron chi connectivity index (χ1n) is 11.6. The van der Waals surface area contributed by atoms with E-state index in [9.17, 15) is 14.7 Å². The van der Waals surface area contributed by atoms with Crippen molar-refractivity contribution in [3.63, 3.8) is 0 Å². The molecule has 1 aromatic heterocycles. The summed E-state index contributed by atoms with van der Waals surface area (Å²) in [6, 6.07) is 16.0. The van der Waals surface area contributed by atoms with Crippen molar-refractivity contribution in [2.45, 2.75) is 32.0 Å². The molecule has 0 unspecified atom stereocenters. The van der Waals surface area contributed by atoms with Gasteiger partial charge in [0.1, 0.15) is 17.6 Å². The van der Waals surface area contributed by atoms with E-state index in [0.717, 1.165) is 34.5 Å². The standard InChI is InChI=1S/C28H27N3O4/c1-17-14-21-15-20(6-9-23(21)35-17)26(32)24-25(19-4-7-22(8-5-19)30(2)3)31(28(34)27(24)33)16-18-10-12-29-13-11-18/h4-13,15,17,25,32H,14,16H2,1-3H3/b26-24+/t17-,25-/m1/s1. The fourth-order valence-corrected chi connectivity index (χ4v) is 4.75. The molecular formula is C28H27N3O4. The molecule has 7 nitrogen and oxygen atoms in total. The molecule has 0 saturated carbocycles. The van der Waals surface area contributed by atoms with Crippen molar-refractivity contribution in [3.8, 4) is 5.75 Å². The van der Waals surface area contributed by atoms with Gasteiger partial charge < -0.3 is 19.6 Å². The fraction of sp³-hybridized carbons (Fsp3) is 0.250. The number of carbonyl (C=O) groups is 2. The van der Waals surface area contributed by atoms with E-state index in [-0.39, 0.29) is 24.0 Å². The molecule has 1 saturated heterocycles. The number of anilines is 1. The highest BCUT2D eigenvalue weighted by atomic mass is 16.5. The number of amides is 1. The van der Waals surface area contributed by atoms with Crippen molar-refractivity contribution in [2.24, 2.45) is 0 Å². The summed E-state index contributed by atoms with van der Waals surface area (Å²) in [6.07, 6.45) is 4.09. The quantitative estimate of drug-likeness (QED) is 0.344. The lowest BCUT2D eigenvalue weighted by molar-refractivity contribution is -0.140. The van der Waals surface area contributed by atoms with Crippen LogP contribution in [0.1, 0.15) is 35.2 Å². The zero-order valence-corrected chi connectivity index (χ0v) is 19.9. The van der Waals surface area contributed by atoms with Crippen LogP contribution in [0.4, 0.5) is 5.69 Å². The number of aromatic nitrogens is 1. The number of Topliss-reactive ketones (excluding diaryl/α,β-unsaturated/α-hetero) is 1. The van der Waals surface area contributed by atoms with E-state index in [0.29, 0.717) is 5.56 Å². The van der Waals surface area contributed by atoms with E-state index in [4.69, 9.17) is 4.74 Å². The zero-order valence-electron chi connectivity index (χ0n) is 19.9. The number of carbonyl (C=O) groups excluding carboxylic acids is 2. The van der Waals surface area contributed by atoms with Crippen LogP contribution in [0.15, 0.2) is 72.6 Å². The maximum atomic E-state index is 13.3. The SMILES string of the molecule is C[C@@H]1Cc2cc(/C(O)=C3\C(=O)C(=O)N(Cc4ccncc4)[C@@H]3c3ccc(N(C)C)cc3)ccc2O1. The summed E-state index contributed by atoms with van der Waals surface area (Å²) in [5, 5.41) is 11.4. The number of likely N-dealkylation sites (tertiary alicyclic amines) is 1. The Morgan fingerprint density at radius 1 is 1.09 bits per heavy atom. The summed E-state index contributed by atoms with van der Waals surface area (Å²) >= 11 is 0. The normalized spacial score (nSPS) is 20.6. The summed E-state index contributed by atoms with van der Waals surface area (Å²) in [5.74, 6) is -0.723. The van der Waals surface area contributed by atoms with Crippen molar-refractivity contribution < 1.29 is 19.4 Å². The lowest BCUT2D eigenvalue weighted by Gasteiger charge is -2.26. The van der Waals surface area contributed by atoms with Crippen LogP contribution in [0, 0.1) is 0 Å². The van der Waals surface area contributed by atoms with E-state index in [2.05, 4.69) is 4.98 Å². The van der Waals surface area contributed by atoms with Crippen LogP contribution in [0.5, 0.6) is 5.75 Å². The largest absolute Gasteiger partial charge is 0.507 e. The number of pyridine rings is 1. The average Bonchev–Trinajstić information content (AvgIpc) is 3.35. The molecule has 5 rings (SSSR count). The number of aliphatic hydroxyl groups excluding tert-OH is 1. The highest BCUT2D eigenvalue weighted by molar-refractivity contribution is 6.46. The van der Waals surface area contributed by atoms with E-state index in [1.807, 2.05) is 74.4 Å². The third-order valence-corrected chi connectivity index (χ3v) is 6.54.